The minimum Gasteiger partial charge on any atom is -0.336 e. The lowest BCUT2D eigenvalue weighted by Gasteiger charge is -2.24. The van der Waals surface area contributed by atoms with Crippen molar-refractivity contribution in [2.45, 2.75) is 32.1 Å². The fourth-order valence-corrected chi connectivity index (χ4v) is 4.08. The molecule has 3 atom stereocenters. The molecule has 2 aliphatic rings. The number of anilines is 1. The SMILES string of the molecule is CN(CC(=O)Nc1cccc(F)c1)C(=O)C[C@H]1C[C@H]2CC[C@H]1C2. The summed E-state index contributed by atoms with van der Waals surface area (Å²) < 4.78 is 13.1. The van der Waals surface area contributed by atoms with Gasteiger partial charge in [0.2, 0.25) is 11.8 Å². The zero-order chi connectivity index (χ0) is 16.4. The summed E-state index contributed by atoms with van der Waals surface area (Å²) in [6.45, 7) is -0.00381. The number of benzene rings is 1. The maximum absolute atomic E-state index is 13.1. The van der Waals surface area contributed by atoms with E-state index in [0.717, 1.165) is 5.92 Å². The molecule has 2 aliphatic carbocycles. The first kappa shape index (κ1) is 16.0. The molecule has 0 aliphatic heterocycles. The number of amides is 2. The molecule has 0 unspecified atom stereocenters. The van der Waals surface area contributed by atoms with Crippen LogP contribution in [-0.4, -0.2) is 30.3 Å². The number of fused-ring (bicyclic) bond motifs is 2. The predicted molar refractivity (Wildman–Crippen MR) is 86.2 cm³/mol. The fraction of sp³-hybridized carbons (Fsp3) is 0.556. The summed E-state index contributed by atoms with van der Waals surface area (Å²) >= 11 is 0. The zero-order valence-corrected chi connectivity index (χ0v) is 13.4. The van der Waals surface area contributed by atoms with Crippen LogP contribution in [0, 0.1) is 23.6 Å². The molecule has 5 heteroatoms. The third-order valence-electron chi connectivity index (χ3n) is 5.24. The minimum absolute atomic E-state index is 0.00381. The average molecular weight is 318 g/mol. The van der Waals surface area contributed by atoms with Gasteiger partial charge in [0.25, 0.3) is 0 Å². The van der Waals surface area contributed by atoms with Crippen LogP contribution < -0.4 is 5.32 Å². The highest BCUT2D eigenvalue weighted by Gasteiger charge is 2.40. The number of hydrogen-bond acceptors (Lipinski definition) is 2. The maximum atomic E-state index is 13.1. The molecule has 0 radical (unpaired) electrons. The van der Waals surface area contributed by atoms with Gasteiger partial charge >= 0.3 is 0 Å². The van der Waals surface area contributed by atoms with Gasteiger partial charge in [-0.25, -0.2) is 4.39 Å². The van der Waals surface area contributed by atoms with Gasteiger partial charge in [-0.15, -0.1) is 0 Å². The van der Waals surface area contributed by atoms with Gasteiger partial charge in [-0.05, 0) is 55.2 Å². The van der Waals surface area contributed by atoms with Crippen LogP contribution in [0.1, 0.15) is 32.1 Å². The first-order chi connectivity index (χ1) is 11.0. The molecule has 2 saturated carbocycles. The molecule has 0 saturated heterocycles. The molecular weight excluding hydrogens is 295 g/mol. The molecule has 2 fully saturated rings. The molecule has 4 nitrogen and oxygen atoms in total. The highest BCUT2D eigenvalue weighted by atomic mass is 19.1. The van der Waals surface area contributed by atoms with Crippen molar-refractivity contribution in [3.63, 3.8) is 0 Å². The Kier molecular flexibility index (Phi) is 4.64. The molecule has 23 heavy (non-hydrogen) atoms. The summed E-state index contributed by atoms with van der Waals surface area (Å²) in [5.41, 5.74) is 0.406. The Hall–Kier alpha value is -1.91. The number of nitrogens with zero attached hydrogens (tertiary/aromatic N) is 1. The van der Waals surface area contributed by atoms with Gasteiger partial charge in [0, 0.05) is 19.2 Å². The number of carbonyl (C=O) groups excluding carboxylic acids is 2. The second kappa shape index (κ2) is 6.69. The van der Waals surface area contributed by atoms with Crippen molar-refractivity contribution in [3.05, 3.63) is 30.1 Å². The average Bonchev–Trinajstić information content (AvgIpc) is 3.09. The Labute approximate surface area is 136 Å². The van der Waals surface area contributed by atoms with Crippen LogP contribution in [0.3, 0.4) is 0 Å². The largest absolute Gasteiger partial charge is 0.336 e. The van der Waals surface area contributed by atoms with Gasteiger partial charge in [0.15, 0.2) is 0 Å². The molecule has 2 bridgehead atoms. The monoisotopic (exact) mass is 318 g/mol. The first-order valence-corrected chi connectivity index (χ1v) is 8.30. The van der Waals surface area contributed by atoms with E-state index >= 15 is 0 Å². The molecule has 0 heterocycles. The van der Waals surface area contributed by atoms with Crippen LogP contribution in [0.25, 0.3) is 0 Å². The lowest BCUT2D eigenvalue weighted by atomic mass is 9.86. The van der Waals surface area contributed by atoms with E-state index in [1.807, 2.05) is 0 Å². The van der Waals surface area contributed by atoms with Gasteiger partial charge in [-0.3, -0.25) is 9.59 Å². The molecule has 1 aromatic rings. The molecule has 1 aromatic carbocycles. The van der Waals surface area contributed by atoms with Gasteiger partial charge in [-0.2, -0.15) is 0 Å². The molecule has 1 N–H and O–H groups in total. The molecule has 124 valence electrons. The number of carbonyl (C=O) groups is 2. The van der Waals surface area contributed by atoms with Gasteiger partial charge in [0.1, 0.15) is 5.82 Å². The number of halogens is 1. The molecular formula is C18H23FN2O2. The van der Waals surface area contributed by atoms with Crippen molar-refractivity contribution < 1.29 is 14.0 Å². The quantitative estimate of drug-likeness (QED) is 0.907. The number of nitrogens with one attached hydrogen (secondary N) is 1. The van der Waals surface area contributed by atoms with E-state index in [9.17, 15) is 14.0 Å². The van der Waals surface area contributed by atoms with Crippen LogP contribution in [0.2, 0.25) is 0 Å². The van der Waals surface area contributed by atoms with E-state index in [1.165, 1.54) is 48.8 Å². The number of rotatable bonds is 5. The van der Waals surface area contributed by atoms with Crippen LogP contribution in [0.4, 0.5) is 10.1 Å². The number of hydrogen-bond donors (Lipinski definition) is 1. The van der Waals surface area contributed by atoms with E-state index in [1.54, 1.807) is 13.1 Å². The summed E-state index contributed by atoms with van der Waals surface area (Å²) in [5.74, 6) is 1.34. The predicted octanol–water partition coefficient (Wildman–Crippen LogP) is 3.05. The molecule has 3 rings (SSSR count). The van der Waals surface area contributed by atoms with Crippen molar-refractivity contribution in [1.82, 2.24) is 4.90 Å². The number of likely N-dealkylation sites (N-methyl/N-ethyl adjacent to an activating group) is 1. The maximum Gasteiger partial charge on any atom is 0.243 e. The summed E-state index contributed by atoms with van der Waals surface area (Å²) in [6.07, 6.45) is 5.57. The Bertz CT molecular complexity index is 604. The minimum atomic E-state index is -0.400. The fourth-order valence-electron chi connectivity index (χ4n) is 4.08. The van der Waals surface area contributed by atoms with Crippen molar-refractivity contribution >= 4 is 17.5 Å². The third kappa shape index (κ3) is 3.89. The van der Waals surface area contributed by atoms with E-state index < -0.39 is 5.82 Å². The Morgan fingerprint density at radius 3 is 2.78 bits per heavy atom. The van der Waals surface area contributed by atoms with Crippen LogP contribution in [0.5, 0.6) is 0 Å². The topological polar surface area (TPSA) is 49.4 Å². The van der Waals surface area contributed by atoms with Gasteiger partial charge in [0.05, 0.1) is 6.54 Å². The van der Waals surface area contributed by atoms with Gasteiger partial charge in [-0.1, -0.05) is 12.5 Å². The second-order valence-corrected chi connectivity index (χ2v) is 6.95. The Morgan fingerprint density at radius 2 is 2.13 bits per heavy atom. The highest BCUT2D eigenvalue weighted by Crippen LogP contribution is 2.49. The van der Waals surface area contributed by atoms with E-state index in [2.05, 4.69) is 5.32 Å². The zero-order valence-electron chi connectivity index (χ0n) is 13.4. The third-order valence-corrected chi connectivity index (χ3v) is 5.24. The lowest BCUT2D eigenvalue weighted by molar-refractivity contribution is -0.134. The molecule has 2 amide bonds. The van der Waals surface area contributed by atoms with Crippen molar-refractivity contribution in [2.75, 3.05) is 18.9 Å². The summed E-state index contributed by atoms with van der Waals surface area (Å²) in [7, 11) is 1.65. The standard InChI is InChI=1S/C18H23FN2O2/c1-21(11-17(22)20-16-4-2-3-15(19)10-16)18(23)9-14-8-12-5-6-13(14)7-12/h2-4,10,12-14H,5-9,11H2,1H3,(H,20,22)/t12-,13-,14+/m0/s1. The van der Waals surface area contributed by atoms with Crippen molar-refractivity contribution in [1.29, 1.82) is 0 Å². The van der Waals surface area contributed by atoms with Crippen molar-refractivity contribution in [3.8, 4) is 0 Å². The lowest BCUT2D eigenvalue weighted by Crippen LogP contribution is -2.36. The molecule has 0 spiro atoms. The van der Waals surface area contributed by atoms with E-state index in [-0.39, 0.29) is 18.4 Å². The summed E-state index contributed by atoms with van der Waals surface area (Å²) in [4.78, 5) is 25.8. The summed E-state index contributed by atoms with van der Waals surface area (Å²) in [6, 6.07) is 5.74. The highest BCUT2D eigenvalue weighted by molar-refractivity contribution is 5.94. The van der Waals surface area contributed by atoms with E-state index in [4.69, 9.17) is 0 Å². The van der Waals surface area contributed by atoms with Crippen LogP contribution in [-0.2, 0) is 9.59 Å². The smallest absolute Gasteiger partial charge is 0.243 e. The van der Waals surface area contributed by atoms with Crippen LogP contribution in [0.15, 0.2) is 24.3 Å². The van der Waals surface area contributed by atoms with Gasteiger partial charge < -0.3 is 10.2 Å². The Balaban J connectivity index is 1.47. The van der Waals surface area contributed by atoms with E-state index in [0.29, 0.717) is 23.9 Å². The first-order valence-electron chi connectivity index (χ1n) is 8.30. The molecule has 0 aromatic heterocycles. The Morgan fingerprint density at radius 1 is 1.30 bits per heavy atom. The second-order valence-electron chi connectivity index (χ2n) is 6.95. The van der Waals surface area contributed by atoms with Crippen molar-refractivity contribution in [2.24, 2.45) is 17.8 Å². The normalized spacial score (nSPS) is 25.4. The summed E-state index contributed by atoms with van der Waals surface area (Å²) in [5, 5.41) is 2.62. The van der Waals surface area contributed by atoms with Crippen LogP contribution >= 0.6 is 0 Å².